The Balaban J connectivity index is 3.28. The van der Waals surface area contributed by atoms with E-state index in [0.29, 0.717) is 0 Å². The van der Waals surface area contributed by atoms with Crippen LogP contribution in [0.4, 0.5) is 8.78 Å². The van der Waals surface area contributed by atoms with E-state index < -0.39 is 18.8 Å². The van der Waals surface area contributed by atoms with E-state index in [9.17, 15) is 8.78 Å². The predicted octanol–water partition coefficient (Wildman–Crippen LogP) is 0.768. The summed E-state index contributed by atoms with van der Waals surface area (Å²) in [4.78, 5) is 0. The summed E-state index contributed by atoms with van der Waals surface area (Å²) in [6.45, 7) is 3.40. The Morgan fingerprint density at radius 1 is 1.21 bits per heavy atom. The maximum atomic E-state index is 13.2. The van der Waals surface area contributed by atoms with Crippen molar-refractivity contribution in [2.75, 3.05) is 0 Å². The minimum Gasteiger partial charge on any atom is -0.423 e. The first-order chi connectivity index (χ1) is 6.43. The molecule has 0 atom stereocenters. The van der Waals surface area contributed by atoms with E-state index in [1.807, 2.05) is 0 Å². The highest BCUT2D eigenvalue weighted by atomic mass is 19.2. The van der Waals surface area contributed by atoms with Crippen LogP contribution in [0.3, 0.4) is 0 Å². The molecule has 0 unspecified atom stereocenters. The Labute approximate surface area is 81.3 Å². The molecule has 1 aromatic rings. The fourth-order valence-electron chi connectivity index (χ4n) is 1.20. The normalized spacial score (nSPS) is 10.8. The van der Waals surface area contributed by atoms with Gasteiger partial charge in [-0.3, -0.25) is 0 Å². The molecule has 0 radical (unpaired) electrons. The van der Waals surface area contributed by atoms with Crippen molar-refractivity contribution in [1.29, 1.82) is 0 Å². The Morgan fingerprint density at radius 2 is 1.79 bits per heavy atom. The van der Waals surface area contributed by atoms with Crippen molar-refractivity contribution >= 4 is 12.6 Å². The van der Waals surface area contributed by atoms with Gasteiger partial charge in [0.15, 0.2) is 11.6 Å². The Morgan fingerprint density at radius 3 is 2.21 bits per heavy atom. The van der Waals surface area contributed by atoms with Gasteiger partial charge in [0.2, 0.25) is 0 Å². The van der Waals surface area contributed by atoms with Crippen molar-refractivity contribution in [1.82, 2.24) is 0 Å². The largest absolute Gasteiger partial charge is 0.488 e. The van der Waals surface area contributed by atoms with Crippen molar-refractivity contribution < 1.29 is 18.8 Å². The summed E-state index contributed by atoms with van der Waals surface area (Å²) in [7, 11) is -1.78. The van der Waals surface area contributed by atoms with E-state index in [2.05, 4.69) is 0 Å². The molecular formula is C9H11BF2O2. The molecule has 0 bridgehead atoms. The lowest BCUT2D eigenvalue weighted by molar-refractivity contribution is 0.424. The first-order valence-corrected chi connectivity index (χ1v) is 4.28. The van der Waals surface area contributed by atoms with Crippen LogP contribution in [0.1, 0.15) is 25.3 Å². The molecule has 0 spiro atoms. The van der Waals surface area contributed by atoms with Gasteiger partial charge < -0.3 is 10.0 Å². The zero-order valence-electron chi connectivity index (χ0n) is 7.96. The molecule has 0 heterocycles. The Kier molecular flexibility index (Phi) is 3.23. The molecule has 0 fully saturated rings. The maximum Gasteiger partial charge on any atom is 0.488 e. The van der Waals surface area contributed by atoms with Crippen LogP contribution in [0.15, 0.2) is 12.1 Å². The second-order valence-corrected chi connectivity index (χ2v) is 3.43. The third kappa shape index (κ3) is 2.11. The molecule has 1 rings (SSSR count). The molecule has 0 saturated carbocycles. The zero-order chi connectivity index (χ0) is 10.9. The summed E-state index contributed by atoms with van der Waals surface area (Å²) in [5, 5.41) is 17.6. The van der Waals surface area contributed by atoms with Gasteiger partial charge >= 0.3 is 7.12 Å². The Hall–Kier alpha value is -0.935. The molecule has 2 nitrogen and oxygen atoms in total. The summed E-state index contributed by atoms with van der Waals surface area (Å²) >= 11 is 0. The molecule has 0 aliphatic carbocycles. The fraction of sp³-hybridized carbons (Fsp3) is 0.333. The molecule has 14 heavy (non-hydrogen) atoms. The average Bonchev–Trinajstić information content (AvgIpc) is 2.08. The second-order valence-electron chi connectivity index (χ2n) is 3.43. The van der Waals surface area contributed by atoms with Crippen LogP contribution in [-0.4, -0.2) is 17.2 Å². The van der Waals surface area contributed by atoms with Crippen molar-refractivity contribution in [2.45, 2.75) is 19.8 Å². The summed E-state index contributed by atoms with van der Waals surface area (Å²) in [6, 6.07) is 2.04. The highest BCUT2D eigenvalue weighted by molar-refractivity contribution is 6.58. The highest BCUT2D eigenvalue weighted by Crippen LogP contribution is 2.19. The van der Waals surface area contributed by atoms with Gasteiger partial charge in [-0.2, -0.15) is 0 Å². The lowest BCUT2D eigenvalue weighted by Crippen LogP contribution is -2.31. The van der Waals surface area contributed by atoms with Gasteiger partial charge in [0, 0.05) is 0 Å². The molecular weight excluding hydrogens is 189 g/mol. The number of hydrogen-bond donors (Lipinski definition) is 2. The summed E-state index contributed by atoms with van der Waals surface area (Å²) in [5.41, 5.74) is 0.112. The maximum absolute atomic E-state index is 13.2. The zero-order valence-corrected chi connectivity index (χ0v) is 7.96. The summed E-state index contributed by atoms with van der Waals surface area (Å²) in [6.07, 6.45) is 0. The molecule has 0 saturated heterocycles. The Bertz CT molecular complexity index is 340. The van der Waals surface area contributed by atoms with Crippen LogP contribution in [0.25, 0.3) is 0 Å². The van der Waals surface area contributed by atoms with Gasteiger partial charge in [0.25, 0.3) is 0 Å². The van der Waals surface area contributed by atoms with Crippen LogP contribution in [-0.2, 0) is 0 Å². The van der Waals surface area contributed by atoms with Crippen LogP contribution >= 0.6 is 0 Å². The van der Waals surface area contributed by atoms with E-state index >= 15 is 0 Å². The number of halogens is 2. The van der Waals surface area contributed by atoms with Crippen LogP contribution in [0.5, 0.6) is 0 Å². The lowest BCUT2D eigenvalue weighted by atomic mass is 9.78. The van der Waals surface area contributed by atoms with Crippen LogP contribution < -0.4 is 5.46 Å². The van der Waals surface area contributed by atoms with Crippen molar-refractivity contribution in [3.05, 3.63) is 29.3 Å². The highest BCUT2D eigenvalue weighted by Gasteiger charge is 2.18. The molecule has 2 N–H and O–H groups in total. The monoisotopic (exact) mass is 200 g/mol. The topological polar surface area (TPSA) is 40.5 Å². The van der Waals surface area contributed by atoms with Gasteiger partial charge in [-0.1, -0.05) is 19.9 Å². The molecule has 0 aliphatic heterocycles. The van der Waals surface area contributed by atoms with Crippen LogP contribution in [0.2, 0.25) is 0 Å². The van der Waals surface area contributed by atoms with Gasteiger partial charge in [-0.15, -0.1) is 0 Å². The molecule has 1 aromatic carbocycles. The third-order valence-corrected chi connectivity index (χ3v) is 2.00. The molecule has 76 valence electrons. The number of rotatable bonds is 2. The third-order valence-electron chi connectivity index (χ3n) is 2.00. The average molecular weight is 200 g/mol. The van der Waals surface area contributed by atoms with Crippen molar-refractivity contribution in [3.8, 4) is 0 Å². The van der Waals surface area contributed by atoms with Gasteiger partial charge in [-0.05, 0) is 23.0 Å². The minimum atomic E-state index is -1.78. The predicted molar refractivity (Wildman–Crippen MR) is 50.3 cm³/mol. The van der Waals surface area contributed by atoms with Gasteiger partial charge in [0.05, 0.1) is 0 Å². The SMILES string of the molecule is CC(C)c1cc(B(O)O)cc(F)c1F. The van der Waals surface area contributed by atoms with Gasteiger partial charge in [-0.25, -0.2) is 8.78 Å². The standard InChI is InChI=1S/C9H11BF2O2/c1-5(2)7-3-6(10(13)14)4-8(11)9(7)12/h3-5,13-14H,1-2H3. The summed E-state index contributed by atoms with van der Waals surface area (Å²) < 4.78 is 26.1. The van der Waals surface area contributed by atoms with E-state index in [1.54, 1.807) is 13.8 Å². The summed E-state index contributed by atoms with van der Waals surface area (Å²) in [5.74, 6) is -2.19. The molecule has 5 heteroatoms. The van der Waals surface area contributed by atoms with Crippen LogP contribution in [0, 0.1) is 11.6 Å². The van der Waals surface area contributed by atoms with Crippen molar-refractivity contribution in [3.63, 3.8) is 0 Å². The van der Waals surface area contributed by atoms with Crippen molar-refractivity contribution in [2.24, 2.45) is 0 Å². The van der Waals surface area contributed by atoms with Gasteiger partial charge in [0.1, 0.15) is 0 Å². The number of hydrogen-bond acceptors (Lipinski definition) is 2. The quantitative estimate of drug-likeness (QED) is 0.692. The molecule has 0 amide bonds. The van der Waals surface area contributed by atoms with E-state index in [-0.39, 0.29) is 16.9 Å². The first-order valence-electron chi connectivity index (χ1n) is 4.28. The molecule has 0 aromatic heterocycles. The lowest BCUT2D eigenvalue weighted by Gasteiger charge is -2.10. The smallest absolute Gasteiger partial charge is 0.423 e. The van der Waals surface area contributed by atoms with E-state index in [1.165, 1.54) is 6.07 Å². The first kappa shape index (κ1) is 11.1. The minimum absolute atomic E-state index is 0.0346. The number of benzene rings is 1. The second kappa shape index (κ2) is 4.06. The molecule has 0 aliphatic rings. The van der Waals surface area contributed by atoms with E-state index in [4.69, 9.17) is 10.0 Å². The van der Waals surface area contributed by atoms with E-state index in [0.717, 1.165) is 6.07 Å². The fourth-order valence-corrected chi connectivity index (χ4v) is 1.20.